The second kappa shape index (κ2) is 7.54. The lowest BCUT2D eigenvalue weighted by Crippen LogP contribution is -2.23. The molecule has 1 spiro atoms. The fourth-order valence-corrected chi connectivity index (χ4v) is 5.41. The van der Waals surface area contributed by atoms with Gasteiger partial charge in [0, 0.05) is 43.2 Å². The first-order valence-corrected chi connectivity index (χ1v) is 10.4. The summed E-state index contributed by atoms with van der Waals surface area (Å²) < 4.78 is 7.32. The highest BCUT2D eigenvalue weighted by atomic mass is 16.5. The Balaban J connectivity index is 1.35. The van der Waals surface area contributed by atoms with Gasteiger partial charge in [0.1, 0.15) is 11.6 Å². The second-order valence-electron chi connectivity index (χ2n) is 8.39. The molecule has 1 saturated carbocycles. The molecule has 1 aliphatic heterocycles. The Hall–Kier alpha value is -2.67. The minimum Gasteiger partial charge on any atom is -0.497 e. The summed E-state index contributed by atoms with van der Waals surface area (Å²) in [5.74, 6) is 2.05. The maximum atomic E-state index is 11.0. The maximum absolute atomic E-state index is 11.0. The van der Waals surface area contributed by atoms with E-state index >= 15 is 0 Å². The summed E-state index contributed by atoms with van der Waals surface area (Å²) in [6.07, 6.45) is 3.31. The van der Waals surface area contributed by atoms with Crippen molar-refractivity contribution in [3.8, 4) is 11.4 Å². The van der Waals surface area contributed by atoms with Crippen molar-refractivity contribution >= 4 is 0 Å². The fourth-order valence-electron chi connectivity index (χ4n) is 5.41. The number of aliphatic hydroxyl groups excluding tert-OH is 2. The normalized spacial score (nSPS) is 28.2. The molecule has 1 aromatic heterocycles. The number of imidazole rings is 1. The van der Waals surface area contributed by atoms with E-state index in [2.05, 4.69) is 26.6 Å². The summed E-state index contributed by atoms with van der Waals surface area (Å²) in [6, 6.07) is 18.2. The molecule has 6 heteroatoms. The van der Waals surface area contributed by atoms with Crippen LogP contribution in [0.25, 0.3) is 5.69 Å². The van der Waals surface area contributed by atoms with Crippen molar-refractivity contribution in [1.29, 1.82) is 0 Å². The number of likely N-dealkylation sites (tertiary alicyclic amines) is 1. The Labute approximate surface area is 176 Å². The molecule has 30 heavy (non-hydrogen) atoms. The molecule has 3 aromatic rings. The standard InChI is InChI=1S/C24H27N3O3/c1-30-19-9-7-18(8-10-19)27-12-11-25-22(27)14-26-13-21(29)24(16-26)20(15-28)23(24)17-5-3-2-4-6-17/h2-12,20-21,23,28-29H,13-16H2,1H3/t20-,21+,23-,24-/m1/s1. The van der Waals surface area contributed by atoms with Crippen LogP contribution in [0.4, 0.5) is 0 Å². The number of β-amino-alcohol motifs (C(OH)–C–C–N with tert-alkyl or cyclic N) is 1. The molecule has 2 aromatic carbocycles. The summed E-state index contributed by atoms with van der Waals surface area (Å²) in [7, 11) is 1.66. The van der Waals surface area contributed by atoms with Crippen molar-refractivity contribution in [3.63, 3.8) is 0 Å². The summed E-state index contributed by atoms with van der Waals surface area (Å²) in [5, 5.41) is 21.0. The van der Waals surface area contributed by atoms with Gasteiger partial charge in [0.15, 0.2) is 0 Å². The number of methoxy groups -OCH3 is 1. The molecule has 0 radical (unpaired) electrons. The predicted octanol–water partition coefficient (Wildman–Crippen LogP) is 2.45. The maximum Gasteiger partial charge on any atom is 0.127 e. The monoisotopic (exact) mass is 405 g/mol. The van der Waals surface area contributed by atoms with Crippen molar-refractivity contribution in [1.82, 2.24) is 14.5 Å². The van der Waals surface area contributed by atoms with Crippen LogP contribution in [0.2, 0.25) is 0 Å². The van der Waals surface area contributed by atoms with Crippen LogP contribution in [0, 0.1) is 11.3 Å². The molecule has 4 atom stereocenters. The van der Waals surface area contributed by atoms with Crippen LogP contribution in [0.5, 0.6) is 5.75 Å². The van der Waals surface area contributed by atoms with Crippen LogP contribution in [0.15, 0.2) is 67.0 Å². The minimum atomic E-state index is -0.454. The van der Waals surface area contributed by atoms with Gasteiger partial charge >= 0.3 is 0 Å². The molecule has 5 rings (SSSR count). The Morgan fingerprint density at radius 3 is 2.60 bits per heavy atom. The van der Waals surface area contributed by atoms with Crippen LogP contribution in [-0.2, 0) is 6.54 Å². The molecule has 156 valence electrons. The van der Waals surface area contributed by atoms with E-state index in [1.807, 2.05) is 54.9 Å². The Kier molecular flexibility index (Phi) is 4.85. The fraction of sp³-hybridized carbons (Fsp3) is 0.375. The molecule has 1 saturated heterocycles. The Morgan fingerprint density at radius 1 is 1.13 bits per heavy atom. The number of rotatable bonds is 6. The number of benzene rings is 2. The van der Waals surface area contributed by atoms with Crippen LogP contribution < -0.4 is 4.74 Å². The zero-order valence-electron chi connectivity index (χ0n) is 17.1. The van der Waals surface area contributed by atoms with E-state index in [0.29, 0.717) is 13.1 Å². The molecular formula is C24H27N3O3. The van der Waals surface area contributed by atoms with Gasteiger partial charge in [0.2, 0.25) is 0 Å². The second-order valence-corrected chi connectivity index (χ2v) is 8.39. The Bertz CT molecular complexity index is 1000. The summed E-state index contributed by atoms with van der Waals surface area (Å²) in [4.78, 5) is 6.83. The van der Waals surface area contributed by atoms with E-state index in [0.717, 1.165) is 23.8 Å². The zero-order chi connectivity index (χ0) is 20.7. The SMILES string of the molecule is COc1ccc(-n2ccnc2CN2C[C@H](O)[C@@]3(C2)[C@H](CO)[C@H]3c2ccccc2)cc1. The summed E-state index contributed by atoms with van der Waals surface area (Å²) >= 11 is 0. The van der Waals surface area contributed by atoms with Gasteiger partial charge in [-0.1, -0.05) is 30.3 Å². The van der Waals surface area contributed by atoms with Crippen molar-refractivity contribution in [2.45, 2.75) is 18.6 Å². The predicted molar refractivity (Wildman–Crippen MR) is 114 cm³/mol. The first kappa shape index (κ1) is 19.3. The zero-order valence-corrected chi connectivity index (χ0v) is 17.1. The molecule has 2 fully saturated rings. The van der Waals surface area contributed by atoms with Crippen LogP contribution >= 0.6 is 0 Å². The van der Waals surface area contributed by atoms with E-state index in [4.69, 9.17) is 4.74 Å². The van der Waals surface area contributed by atoms with Gasteiger partial charge in [-0.25, -0.2) is 4.98 Å². The van der Waals surface area contributed by atoms with E-state index in [1.165, 1.54) is 5.56 Å². The van der Waals surface area contributed by atoms with Crippen LogP contribution in [0.3, 0.4) is 0 Å². The first-order chi connectivity index (χ1) is 14.7. The lowest BCUT2D eigenvalue weighted by Gasteiger charge is -2.17. The number of ether oxygens (including phenoxy) is 1. The van der Waals surface area contributed by atoms with Gasteiger partial charge < -0.3 is 19.5 Å². The lowest BCUT2D eigenvalue weighted by molar-refractivity contribution is 0.111. The molecule has 0 unspecified atom stereocenters. The quantitative estimate of drug-likeness (QED) is 0.659. The molecule has 0 bridgehead atoms. The van der Waals surface area contributed by atoms with Crippen molar-refractivity contribution < 1.29 is 14.9 Å². The van der Waals surface area contributed by atoms with Crippen LogP contribution in [0.1, 0.15) is 17.3 Å². The van der Waals surface area contributed by atoms with Gasteiger partial charge in [-0.15, -0.1) is 0 Å². The highest BCUT2D eigenvalue weighted by Crippen LogP contribution is 2.68. The molecule has 6 nitrogen and oxygen atoms in total. The highest BCUT2D eigenvalue weighted by molar-refractivity contribution is 5.39. The van der Waals surface area contributed by atoms with Gasteiger partial charge in [-0.05, 0) is 41.7 Å². The average Bonchev–Trinajstić information content (AvgIpc) is 3.01. The average molecular weight is 405 g/mol. The van der Waals surface area contributed by atoms with E-state index in [9.17, 15) is 10.2 Å². The summed E-state index contributed by atoms with van der Waals surface area (Å²) in [6.45, 7) is 2.10. The third-order valence-corrected chi connectivity index (χ3v) is 6.90. The summed E-state index contributed by atoms with van der Waals surface area (Å²) in [5.41, 5.74) is 1.96. The first-order valence-electron chi connectivity index (χ1n) is 10.4. The molecule has 2 N–H and O–H groups in total. The smallest absolute Gasteiger partial charge is 0.127 e. The lowest BCUT2D eigenvalue weighted by atomic mass is 9.95. The van der Waals surface area contributed by atoms with Gasteiger partial charge in [0.05, 0.1) is 19.8 Å². The van der Waals surface area contributed by atoms with E-state index in [1.54, 1.807) is 7.11 Å². The van der Waals surface area contributed by atoms with Crippen molar-refractivity contribution in [3.05, 3.63) is 78.4 Å². The molecular weight excluding hydrogens is 378 g/mol. The molecule has 1 aliphatic carbocycles. The third kappa shape index (κ3) is 3.03. The largest absolute Gasteiger partial charge is 0.497 e. The number of hydrogen-bond acceptors (Lipinski definition) is 5. The van der Waals surface area contributed by atoms with Crippen molar-refractivity contribution in [2.75, 3.05) is 26.8 Å². The Morgan fingerprint density at radius 2 is 1.90 bits per heavy atom. The van der Waals surface area contributed by atoms with E-state index in [-0.39, 0.29) is 23.9 Å². The van der Waals surface area contributed by atoms with Crippen LogP contribution in [-0.4, -0.2) is 57.6 Å². The number of nitrogens with zero attached hydrogens (tertiary/aromatic N) is 3. The molecule has 2 heterocycles. The van der Waals surface area contributed by atoms with Crippen molar-refractivity contribution in [2.24, 2.45) is 11.3 Å². The number of aromatic nitrogens is 2. The van der Waals surface area contributed by atoms with Gasteiger partial charge in [-0.2, -0.15) is 0 Å². The third-order valence-electron chi connectivity index (χ3n) is 6.90. The topological polar surface area (TPSA) is 70.8 Å². The van der Waals surface area contributed by atoms with Gasteiger partial charge in [0.25, 0.3) is 0 Å². The number of hydrogen-bond donors (Lipinski definition) is 2. The highest BCUT2D eigenvalue weighted by Gasteiger charge is 2.70. The minimum absolute atomic E-state index is 0.0984. The van der Waals surface area contributed by atoms with Gasteiger partial charge in [-0.3, -0.25) is 4.90 Å². The number of aliphatic hydroxyl groups is 2. The molecule has 2 aliphatic rings. The molecule has 0 amide bonds. The van der Waals surface area contributed by atoms with E-state index < -0.39 is 6.10 Å².